The number of sulfone groups is 1. The van der Waals surface area contributed by atoms with Crippen molar-refractivity contribution in [2.24, 2.45) is 4.99 Å². The van der Waals surface area contributed by atoms with Crippen molar-refractivity contribution in [3.8, 4) is 0 Å². The van der Waals surface area contributed by atoms with Gasteiger partial charge in [0, 0.05) is 36.5 Å². The summed E-state index contributed by atoms with van der Waals surface area (Å²) < 4.78 is 22.3. The maximum Gasteiger partial charge on any atom is 0.191 e. The molecule has 1 aromatic carbocycles. The molecule has 0 amide bonds. The minimum Gasteiger partial charge on any atom is -0.356 e. The van der Waals surface area contributed by atoms with Crippen LogP contribution >= 0.6 is 35.7 Å². The summed E-state index contributed by atoms with van der Waals surface area (Å²) in [4.78, 5) is 5.40. The molecule has 1 rings (SSSR count). The summed E-state index contributed by atoms with van der Waals surface area (Å²) in [5, 5.41) is 6.44. The molecule has 0 aliphatic carbocycles. The number of benzene rings is 1. The molecular formula is C15H26IN3O2S2. The van der Waals surface area contributed by atoms with Gasteiger partial charge < -0.3 is 10.6 Å². The molecule has 0 saturated carbocycles. The molecule has 0 spiro atoms. The topological polar surface area (TPSA) is 70.6 Å². The summed E-state index contributed by atoms with van der Waals surface area (Å²) in [6.45, 7) is 2.74. The van der Waals surface area contributed by atoms with Crippen LogP contribution < -0.4 is 10.6 Å². The van der Waals surface area contributed by atoms with Crippen LogP contribution in [0.5, 0.6) is 0 Å². The number of nitrogens with one attached hydrogen (secondary N) is 2. The Morgan fingerprint density at radius 2 is 1.96 bits per heavy atom. The van der Waals surface area contributed by atoms with Gasteiger partial charge in [-0.2, -0.15) is 0 Å². The van der Waals surface area contributed by atoms with Crippen LogP contribution in [0.2, 0.25) is 0 Å². The summed E-state index contributed by atoms with van der Waals surface area (Å²) in [5.41, 5.74) is 0. The van der Waals surface area contributed by atoms with E-state index in [0.717, 1.165) is 12.3 Å². The molecule has 2 N–H and O–H groups in total. The lowest BCUT2D eigenvalue weighted by Gasteiger charge is -2.17. The van der Waals surface area contributed by atoms with Crippen molar-refractivity contribution in [1.82, 2.24) is 10.6 Å². The predicted octanol–water partition coefficient (Wildman–Crippen LogP) is 2.38. The van der Waals surface area contributed by atoms with Crippen LogP contribution in [0.1, 0.15) is 13.3 Å². The Morgan fingerprint density at radius 3 is 2.52 bits per heavy atom. The van der Waals surface area contributed by atoms with Gasteiger partial charge in [0.2, 0.25) is 0 Å². The fourth-order valence-electron chi connectivity index (χ4n) is 1.75. The Labute approximate surface area is 161 Å². The fraction of sp³-hybridized carbons (Fsp3) is 0.533. The van der Waals surface area contributed by atoms with Crippen molar-refractivity contribution < 1.29 is 8.42 Å². The van der Waals surface area contributed by atoms with E-state index in [2.05, 4.69) is 27.8 Å². The van der Waals surface area contributed by atoms with Crippen molar-refractivity contribution >= 4 is 51.5 Å². The van der Waals surface area contributed by atoms with Crippen LogP contribution in [0.15, 0.2) is 40.2 Å². The molecule has 0 aromatic heterocycles. The second-order valence-corrected chi connectivity index (χ2v) is 8.55. The molecule has 0 aliphatic heterocycles. The first-order valence-corrected chi connectivity index (χ1v) is 10.3. The van der Waals surface area contributed by atoms with Crippen molar-refractivity contribution in [3.63, 3.8) is 0 Å². The van der Waals surface area contributed by atoms with E-state index < -0.39 is 9.84 Å². The molecule has 0 saturated heterocycles. The van der Waals surface area contributed by atoms with Crippen LogP contribution in [0, 0.1) is 0 Å². The zero-order valence-corrected chi connectivity index (χ0v) is 17.7. The third-order valence-corrected chi connectivity index (χ3v) is 4.93. The van der Waals surface area contributed by atoms with Crippen LogP contribution in [0.4, 0.5) is 0 Å². The monoisotopic (exact) mass is 471 g/mol. The maximum atomic E-state index is 11.2. The number of thioether (sulfide) groups is 1. The summed E-state index contributed by atoms with van der Waals surface area (Å²) in [7, 11) is -1.21. The second-order valence-electron chi connectivity index (χ2n) is 5.12. The van der Waals surface area contributed by atoms with E-state index in [9.17, 15) is 8.42 Å². The highest BCUT2D eigenvalue weighted by Gasteiger charge is 2.09. The van der Waals surface area contributed by atoms with Gasteiger partial charge in [0.05, 0.1) is 5.75 Å². The van der Waals surface area contributed by atoms with Crippen LogP contribution in [-0.4, -0.2) is 51.8 Å². The van der Waals surface area contributed by atoms with E-state index in [-0.39, 0.29) is 35.8 Å². The van der Waals surface area contributed by atoms with E-state index in [1.165, 1.54) is 11.2 Å². The van der Waals surface area contributed by atoms with Gasteiger partial charge in [0.15, 0.2) is 5.96 Å². The number of rotatable bonds is 8. The van der Waals surface area contributed by atoms with Gasteiger partial charge in [-0.05, 0) is 25.5 Å². The zero-order valence-electron chi connectivity index (χ0n) is 13.8. The highest BCUT2D eigenvalue weighted by atomic mass is 127. The Hall–Kier alpha value is -0.480. The summed E-state index contributed by atoms with van der Waals surface area (Å²) >= 11 is 1.78. The molecule has 0 aliphatic rings. The molecule has 0 bridgehead atoms. The first kappa shape index (κ1) is 22.5. The van der Waals surface area contributed by atoms with E-state index in [4.69, 9.17) is 0 Å². The smallest absolute Gasteiger partial charge is 0.191 e. The molecule has 8 heteroatoms. The lowest BCUT2D eigenvalue weighted by atomic mass is 10.3. The van der Waals surface area contributed by atoms with Gasteiger partial charge in [-0.3, -0.25) is 4.99 Å². The largest absolute Gasteiger partial charge is 0.356 e. The molecule has 1 aromatic rings. The quantitative estimate of drug-likeness (QED) is 0.200. The van der Waals surface area contributed by atoms with Crippen molar-refractivity contribution in [2.75, 3.05) is 31.4 Å². The molecule has 0 radical (unpaired) electrons. The number of hydrogen-bond donors (Lipinski definition) is 2. The standard InChI is InChI=1S/C15H25N3O2S2.HI/c1-13(9-12-22(3,19)20)18-15(16-2)17-10-11-21-14-7-5-4-6-8-14;/h4-8,13H,9-12H2,1-3H3,(H2,16,17,18);1H. The highest BCUT2D eigenvalue weighted by molar-refractivity contribution is 14.0. The van der Waals surface area contributed by atoms with E-state index in [0.29, 0.717) is 12.4 Å². The van der Waals surface area contributed by atoms with Crippen LogP contribution in [-0.2, 0) is 9.84 Å². The SMILES string of the molecule is CN=C(NCCSc1ccccc1)NC(C)CCS(C)(=O)=O.I. The molecular weight excluding hydrogens is 445 g/mol. The summed E-state index contributed by atoms with van der Waals surface area (Å²) in [6.07, 6.45) is 1.83. The molecule has 1 unspecified atom stereocenters. The number of nitrogens with zero attached hydrogens (tertiary/aromatic N) is 1. The lowest BCUT2D eigenvalue weighted by Crippen LogP contribution is -2.43. The van der Waals surface area contributed by atoms with Crippen LogP contribution in [0.25, 0.3) is 0 Å². The Balaban J connectivity index is 0.00000484. The zero-order chi connectivity index (χ0) is 16.4. The van der Waals surface area contributed by atoms with Gasteiger partial charge in [-0.1, -0.05) is 18.2 Å². The molecule has 0 fully saturated rings. The minimum absolute atomic E-state index is 0. The Morgan fingerprint density at radius 1 is 1.30 bits per heavy atom. The molecule has 23 heavy (non-hydrogen) atoms. The van der Waals surface area contributed by atoms with Gasteiger partial charge >= 0.3 is 0 Å². The molecule has 0 heterocycles. The van der Waals surface area contributed by atoms with Gasteiger partial charge in [0.25, 0.3) is 0 Å². The normalized spacial score (nSPS) is 13.1. The third kappa shape index (κ3) is 11.7. The van der Waals surface area contributed by atoms with Crippen molar-refractivity contribution in [1.29, 1.82) is 0 Å². The first-order chi connectivity index (χ1) is 10.4. The van der Waals surface area contributed by atoms with Crippen molar-refractivity contribution in [3.05, 3.63) is 30.3 Å². The van der Waals surface area contributed by atoms with E-state index in [1.54, 1.807) is 18.8 Å². The number of halogens is 1. The third-order valence-electron chi connectivity index (χ3n) is 2.93. The van der Waals surface area contributed by atoms with E-state index >= 15 is 0 Å². The lowest BCUT2D eigenvalue weighted by molar-refractivity contribution is 0.582. The average Bonchev–Trinajstić information content (AvgIpc) is 2.48. The number of guanidine groups is 1. The second kappa shape index (κ2) is 12.0. The number of hydrogen-bond acceptors (Lipinski definition) is 4. The summed E-state index contributed by atoms with van der Waals surface area (Å²) in [6, 6.07) is 10.3. The first-order valence-electron chi connectivity index (χ1n) is 7.23. The average molecular weight is 471 g/mol. The Kier molecular flexibility index (Phi) is 11.7. The maximum absolute atomic E-state index is 11.2. The predicted molar refractivity (Wildman–Crippen MR) is 111 cm³/mol. The van der Waals surface area contributed by atoms with Gasteiger partial charge in [-0.25, -0.2) is 8.42 Å². The molecule has 1 atom stereocenters. The fourth-order valence-corrected chi connectivity index (χ4v) is 3.32. The van der Waals surface area contributed by atoms with Crippen LogP contribution in [0.3, 0.4) is 0 Å². The number of aliphatic imine (C=N–C) groups is 1. The minimum atomic E-state index is -2.92. The molecule has 132 valence electrons. The molecule has 5 nitrogen and oxygen atoms in total. The summed E-state index contributed by atoms with van der Waals surface area (Å²) in [5.74, 6) is 1.82. The van der Waals surface area contributed by atoms with Gasteiger partial charge in [0.1, 0.15) is 9.84 Å². The Bertz CT molecular complexity index is 565. The van der Waals surface area contributed by atoms with Gasteiger partial charge in [-0.15, -0.1) is 35.7 Å². The van der Waals surface area contributed by atoms with Crippen molar-refractivity contribution in [2.45, 2.75) is 24.3 Å². The van der Waals surface area contributed by atoms with E-state index in [1.807, 2.05) is 25.1 Å². The highest BCUT2D eigenvalue weighted by Crippen LogP contribution is 2.15.